The van der Waals surface area contributed by atoms with E-state index in [0.29, 0.717) is 24.7 Å². The zero-order valence-electron chi connectivity index (χ0n) is 21.9. The minimum Gasteiger partial charge on any atom is -0.468 e. The van der Waals surface area contributed by atoms with Crippen LogP contribution in [-0.2, 0) is 14.3 Å². The van der Waals surface area contributed by atoms with Gasteiger partial charge in [-0.05, 0) is 95.3 Å². The summed E-state index contributed by atoms with van der Waals surface area (Å²) in [7, 11) is 2.85. The van der Waals surface area contributed by atoms with Crippen LogP contribution >= 0.6 is 0 Å². The van der Waals surface area contributed by atoms with Gasteiger partial charge in [0.15, 0.2) is 6.29 Å². The van der Waals surface area contributed by atoms with Crippen LogP contribution in [0.15, 0.2) is 40.2 Å². The number of hydrogen-bond donors (Lipinski definition) is 2. The van der Waals surface area contributed by atoms with E-state index in [4.69, 9.17) is 14.5 Å². The first-order chi connectivity index (χ1) is 16.9. The molecule has 3 heterocycles. The molecular formula is C27H44N4O4. The van der Waals surface area contributed by atoms with Gasteiger partial charge in [-0.1, -0.05) is 6.08 Å². The number of esters is 1. The van der Waals surface area contributed by atoms with Gasteiger partial charge in [-0.2, -0.15) is 0 Å². The first-order valence-corrected chi connectivity index (χ1v) is 13.0. The third kappa shape index (κ3) is 7.74. The topological polar surface area (TPSA) is 86.6 Å². The van der Waals surface area contributed by atoms with Crippen LogP contribution < -0.4 is 5.32 Å². The number of carbonyl (C=O) groups is 1. The molecule has 3 aliphatic rings. The van der Waals surface area contributed by atoms with Crippen LogP contribution in [0.4, 0.5) is 0 Å². The van der Waals surface area contributed by atoms with Crippen molar-refractivity contribution < 1.29 is 19.4 Å². The fraction of sp³-hybridized carbons (Fsp3) is 0.704. The number of nitrogens with one attached hydrogen (secondary N) is 1. The highest BCUT2D eigenvalue weighted by atomic mass is 16.6. The minimum atomic E-state index is -0.922. The predicted molar refractivity (Wildman–Crippen MR) is 139 cm³/mol. The largest absolute Gasteiger partial charge is 0.468 e. The number of hydrogen-bond acceptors (Lipinski definition) is 8. The fourth-order valence-electron chi connectivity index (χ4n) is 5.53. The lowest BCUT2D eigenvalue weighted by molar-refractivity contribution is -0.144. The maximum absolute atomic E-state index is 11.8. The first kappa shape index (κ1) is 27.6. The fourth-order valence-corrected chi connectivity index (χ4v) is 5.53. The Bertz CT molecular complexity index is 822. The van der Waals surface area contributed by atoms with Gasteiger partial charge in [0, 0.05) is 25.9 Å². The number of carbonyl (C=O) groups excluding carboxylic acids is 1. The Morgan fingerprint density at radius 2 is 2.14 bits per heavy atom. The van der Waals surface area contributed by atoms with Gasteiger partial charge >= 0.3 is 5.97 Å². The van der Waals surface area contributed by atoms with Gasteiger partial charge in [-0.15, -0.1) is 0 Å². The standard InChI is InChI=1S/C27H44N4O4/c1-20-10-8-14-28-26(20)22-12-7-13-23(27-21(2)11-9-15-29-27)31(22)17-6-5-16-30(18-24(32)34-3)19-25(33)35-4/h8,10,14-15,22-24,26,28,32H,5-7,9,11-13,16-19H2,1-4H3. The van der Waals surface area contributed by atoms with E-state index in [9.17, 15) is 9.90 Å². The molecule has 8 heteroatoms. The highest BCUT2D eigenvalue weighted by molar-refractivity contribution is 5.71. The average molecular weight is 489 g/mol. The average Bonchev–Trinajstić information content (AvgIpc) is 2.87. The van der Waals surface area contributed by atoms with Crippen molar-refractivity contribution >= 4 is 12.2 Å². The molecule has 8 nitrogen and oxygen atoms in total. The van der Waals surface area contributed by atoms with Crippen molar-refractivity contribution in [2.24, 2.45) is 4.99 Å². The number of rotatable bonds is 12. The number of nitrogens with zero attached hydrogens (tertiary/aromatic N) is 3. The molecule has 0 bridgehead atoms. The van der Waals surface area contributed by atoms with Crippen LogP contribution in [0.25, 0.3) is 0 Å². The van der Waals surface area contributed by atoms with Crippen molar-refractivity contribution in [3.8, 4) is 0 Å². The molecule has 3 aliphatic heterocycles. The highest BCUT2D eigenvalue weighted by Crippen LogP contribution is 2.35. The number of aliphatic hydroxyl groups excluding tert-OH is 1. The Morgan fingerprint density at radius 3 is 2.86 bits per heavy atom. The van der Waals surface area contributed by atoms with E-state index in [1.165, 1.54) is 37.5 Å². The van der Waals surface area contributed by atoms with Gasteiger partial charge in [-0.3, -0.25) is 19.6 Å². The van der Waals surface area contributed by atoms with Crippen LogP contribution in [0.1, 0.15) is 58.8 Å². The summed E-state index contributed by atoms with van der Waals surface area (Å²) >= 11 is 0. The Morgan fingerprint density at radius 1 is 1.31 bits per heavy atom. The number of likely N-dealkylation sites (tertiary alicyclic amines) is 1. The molecule has 0 spiro atoms. The molecule has 0 saturated carbocycles. The number of allylic oxidation sites excluding steroid dienone is 3. The van der Waals surface area contributed by atoms with Gasteiger partial charge in [0.05, 0.1) is 31.4 Å². The normalized spacial score (nSPS) is 26.0. The molecule has 0 aliphatic carbocycles. The second kappa shape index (κ2) is 13.9. The molecule has 2 N–H and O–H groups in total. The number of unbranched alkanes of at least 4 members (excludes halogenated alkanes) is 1. The number of piperidine rings is 1. The van der Waals surface area contributed by atoms with Crippen LogP contribution in [0.2, 0.25) is 0 Å². The molecule has 0 aromatic heterocycles. The van der Waals surface area contributed by atoms with E-state index in [0.717, 1.165) is 45.1 Å². The van der Waals surface area contributed by atoms with E-state index < -0.39 is 6.29 Å². The van der Waals surface area contributed by atoms with Gasteiger partial charge in [0.1, 0.15) is 0 Å². The quantitative estimate of drug-likeness (QED) is 0.248. The summed E-state index contributed by atoms with van der Waals surface area (Å²) in [4.78, 5) is 21.3. The summed E-state index contributed by atoms with van der Waals surface area (Å²) in [6.45, 7) is 6.56. The number of aliphatic imine (C=N–C) groups is 1. The highest BCUT2D eigenvalue weighted by Gasteiger charge is 2.38. The molecule has 0 aromatic rings. The van der Waals surface area contributed by atoms with Crippen molar-refractivity contribution in [1.29, 1.82) is 0 Å². The Kier molecular flexibility index (Phi) is 11.0. The van der Waals surface area contributed by atoms with Gasteiger partial charge in [-0.25, -0.2) is 0 Å². The molecule has 196 valence electrons. The van der Waals surface area contributed by atoms with Crippen molar-refractivity contribution in [2.45, 2.75) is 83.2 Å². The Labute approximate surface area is 210 Å². The van der Waals surface area contributed by atoms with E-state index in [1.54, 1.807) is 0 Å². The number of dihydropyridines is 1. The van der Waals surface area contributed by atoms with Crippen LogP contribution in [0, 0.1) is 0 Å². The van der Waals surface area contributed by atoms with Gasteiger partial charge in [0.2, 0.25) is 0 Å². The Hall–Kier alpha value is -2.00. The second-order valence-electron chi connectivity index (χ2n) is 9.89. The molecule has 3 rings (SSSR count). The van der Waals surface area contributed by atoms with Crippen LogP contribution in [0.5, 0.6) is 0 Å². The van der Waals surface area contributed by atoms with Crippen LogP contribution in [0.3, 0.4) is 0 Å². The summed E-state index contributed by atoms with van der Waals surface area (Å²) in [5.74, 6) is -0.305. The third-order valence-corrected chi connectivity index (χ3v) is 7.45. The van der Waals surface area contributed by atoms with Gasteiger partial charge < -0.3 is 19.9 Å². The molecule has 0 radical (unpaired) electrons. The molecule has 0 aromatic carbocycles. The molecule has 35 heavy (non-hydrogen) atoms. The van der Waals surface area contributed by atoms with Crippen LogP contribution in [-0.4, -0.2) is 91.9 Å². The van der Waals surface area contributed by atoms with Crippen molar-refractivity contribution in [3.63, 3.8) is 0 Å². The Balaban J connectivity index is 1.69. The zero-order chi connectivity index (χ0) is 25.2. The number of methoxy groups -OCH3 is 2. The minimum absolute atomic E-state index is 0.148. The maximum Gasteiger partial charge on any atom is 0.319 e. The van der Waals surface area contributed by atoms with Gasteiger partial charge in [0.25, 0.3) is 0 Å². The molecule has 1 saturated heterocycles. The van der Waals surface area contributed by atoms with Crippen molar-refractivity contribution in [1.82, 2.24) is 15.1 Å². The summed E-state index contributed by atoms with van der Waals surface area (Å²) in [5, 5.41) is 13.5. The predicted octanol–water partition coefficient (Wildman–Crippen LogP) is 3.00. The number of aliphatic hydroxyl groups is 1. The summed E-state index contributed by atoms with van der Waals surface area (Å²) < 4.78 is 9.83. The monoisotopic (exact) mass is 488 g/mol. The summed E-state index contributed by atoms with van der Waals surface area (Å²) in [6.07, 6.45) is 15.1. The molecule has 0 amide bonds. The molecule has 4 atom stereocenters. The summed E-state index contributed by atoms with van der Waals surface area (Å²) in [6, 6.07) is 1.06. The second-order valence-corrected chi connectivity index (χ2v) is 9.89. The van der Waals surface area contributed by atoms with E-state index in [1.807, 2.05) is 4.90 Å². The van der Waals surface area contributed by atoms with Crippen molar-refractivity contribution in [3.05, 3.63) is 35.2 Å². The molecule has 1 fully saturated rings. The van der Waals surface area contributed by atoms with Crippen molar-refractivity contribution in [2.75, 3.05) is 40.4 Å². The lowest BCUT2D eigenvalue weighted by atomic mass is 9.84. The van der Waals surface area contributed by atoms with E-state index in [2.05, 4.69) is 48.6 Å². The smallest absolute Gasteiger partial charge is 0.319 e. The lowest BCUT2D eigenvalue weighted by Gasteiger charge is -2.47. The number of ether oxygens (including phenoxy) is 2. The third-order valence-electron chi connectivity index (χ3n) is 7.45. The summed E-state index contributed by atoms with van der Waals surface area (Å²) in [5.41, 5.74) is 4.06. The lowest BCUT2D eigenvalue weighted by Crippen LogP contribution is -2.56. The maximum atomic E-state index is 11.8. The van der Waals surface area contributed by atoms with E-state index >= 15 is 0 Å². The van der Waals surface area contributed by atoms with E-state index in [-0.39, 0.29) is 19.1 Å². The SMILES string of the molecule is COC(=O)CN(CCCCN1C(C2=C(C)CCC=N2)CCCC1C1NC=CC=C1C)CC(O)OC. The first-order valence-electron chi connectivity index (χ1n) is 13.0. The zero-order valence-corrected chi connectivity index (χ0v) is 21.9. The molecular weight excluding hydrogens is 444 g/mol. The molecule has 4 unspecified atom stereocenters.